The number of rotatable bonds is 2. The first-order valence-electron chi connectivity index (χ1n) is 4.10. The van der Waals surface area contributed by atoms with Gasteiger partial charge in [0.25, 0.3) is 0 Å². The summed E-state index contributed by atoms with van der Waals surface area (Å²) in [5.74, 6) is -1.27. The molecule has 0 amide bonds. The maximum Gasteiger partial charge on any atom is 0.139 e. The lowest BCUT2D eigenvalue weighted by Gasteiger charge is -1.99. The van der Waals surface area contributed by atoms with Crippen LogP contribution in [0.4, 0.5) is 0 Å². The van der Waals surface area contributed by atoms with Gasteiger partial charge in [0.15, 0.2) is 0 Å². The Bertz CT molecular complexity index is 510. The fraction of sp³-hybridized carbons (Fsp3) is 0. The van der Waals surface area contributed by atoms with Crippen molar-refractivity contribution in [2.75, 3.05) is 0 Å². The maximum atomic E-state index is 10.5. The smallest absolute Gasteiger partial charge is 0.139 e. The van der Waals surface area contributed by atoms with Gasteiger partial charge in [-0.2, -0.15) is 0 Å². The quantitative estimate of drug-likeness (QED) is 0.802. The van der Waals surface area contributed by atoms with Gasteiger partial charge in [0.1, 0.15) is 11.0 Å². The number of aromatic nitrogens is 1. The van der Waals surface area contributed by atoms with E-state index in [1.165, 1.54) is 0 Å². The van der Waals surface area contributed by atoms with Gasteiger partial charge >= 0.3 is 0 Å². The number of hydrogen-bond acceptors (Lipinski definition) is 4. The summed E-state index contributed by atoms with van der Waals surface area (Å²) in [5.41, 5.74) is 1.28. The highest BCUT2D eigenvalue weighted by Gasteiger charge is 2.07. The zero-order valence-corrected chi connectivity index (χ0v) is 9.01. The Balaban J connectivity index is 2.46. The topological polar surface area (TPSA) is 53.0 Å². The molecule has 1 aromatic carbocycles. The van der Waals surface area contributed by atoms with Crippen molar-refractivity contribution in [3.05, 3.63) is 39.7 Å². The zero-order valence-electron chi connectivity index (χ0n) is 7.44. The number of hydrogen-bond donors (Lipinski definition) is 0. The van der Waals surface area contributed by atoms with Crippen LogP contribution in [0.25, 0.3) is 11.3 Å². The Morgan fingerprint density at radius 2 is 2.13 bits per heavy atom. The second-order valence-corrected chi connectivity index (χ2v) is 4.07. The molecule has 0 atom stereocenters. The third-order valence-electron chi connectivity index (χ3n) is 1.83. The molecule has 0 fully saturated rings. The van der Waals surface area contributed by atoms with Gasteiger partial charge in [0, 0.05) is 16.0 Å². The molecule has 15 heavy (non-hydrogen) atoms. The van der Waals surface area contributed by atoms with E-state index in [-0.39, 0.29) is 5.01 Å². The average Bonchev–Trinajstić information content (AvgIpc) is 2.67. The van der Waals surface area contributed by atoms with Crippen molar-refractivity contribution in [3.63, 3.8) is 0 Å². The van der Waals surface area contributed by atoms with Gasteiger partial charge < -0.3 is 9.90 Å². The first-order valence-corrected chi connectivity index (χ1v) is 5.36. The first kappa shape index (κ1) is 10.1. The number of carbonyl (C=O) groups excluding carboxylic acids is 1. The molecular weight excluding hydrogens is 234 g/mol. The van der Waals surface area contributed by atoms with Crippen LogP contribution >= 0.6 is 22.9 Å². The van der Waals surface area contributed by atoms with Crippen molar-refractivity contribution >= 4 is 28.9 Å². The molecule has 0 aliphatic rings. The van der Waals surface area contributed by atoms with Gasteiger partial charge in [-0.1, -0.05) is 29.8 Å². The molecule has 5 heteroatoms. The Morgan fingerprint density at radius 3 is 2.73 bits per heavy atom. The molecule has 2 aromatic rings. The summed E-state index contributed by atoms with van der Waals surface area (Å²) < 4.78 is 0. The Labute approximate surface area is 95.0 Å². The second-order valence-electron chi connectivity index (χ2n) is 2.81. The molecule has 76 valence electrons. The van der Waals surface area contributed by atoms with Gasteiger partial charge in [-0.25, -0.2) is 4.98 Å². The lowest BCUT2D eigenvalue weighted by molar-refractivity contribution is -0.255. The Hall–Kier alpha value is -1.39. The van der Waals surface area contributed by atoms with Crippen LogP contribution in [0.15, 0.2) is 29.6 Å². The van der Waals surface area contributed by atoms with Crippen LogP contribution in [0, 0.1) is 0 Å². The van der Waals surface area contributed by atoms with E-state index in [1.54, 1.807) is 23.6 Å². The largest absolute Gasteiger partial charge is 0.542 e. The van der Waals surface area contributed by atoms with E-state index >= 15 is 0 Å². The maximum absolute atomic E-state index is 10.5. The zero-order chi connectivity index (χ0) is 10.8. The molecule has 1 heterocycles. The molecule has 2 rings (SSSR count). The first-order chi connectivity index (χ1) is 7.18. The number of thiazole rings is 1. The standard InChI is InChI=1S/C10H6ClNO2S/c11-7-4-2-1-3-6(7)8-5-15-9(12-8)10(13)14/h1-5H,(H,13,14)/p-1. The van der Waals surface area contributed by atoms with Gasteiger partial charge in [-0.05, 0) is 6.07 Å². The molecule has 0 saturated carbocycles. The Kier molecular flexibility index (Phi) is 2.70. The second kappa shape index (κ2) is 4.00. The minimum Gasteiger partial charge on any atom is -0.542 e. The van der Waals surface area contributed by atoms with E-state index in [2.05, 4.69) is 4.98 Å². The van der Waals surface area contributed by atoms with Crippen LogP contribution in [0.1, 0.15) is 9.80 Å². The van der Waals surface area contributed by atoms with Gasteiger partial charge in [0.2, 0.25) is 0 Å². The lowest BCUT2D eigenvalue weighted by Crippen LogP contribution is -2.21. The minimum atomic E-state index is -1.27. The molecule has 0 N–H and O–H groups in total. The van der Waals surface area contributed by atoms with Gasteiger partial charge in [0.05, 0.1) is 5.69 Å². The monoisotopic (exact) mass is 238 g/mol. The van der Waals surface area contributed by atoms with E-state index < -0.39 is 5.97 Å². The molecule has 0 saturated heterocycles. The lowest BCUT2D eigenvalue weighted by atomic mass is 10.2. The molecule has 1 aromatic heterocycles. The van der Waals surface area contributed by atoms with Crippen molar-refractivity contribution in [2.24, 2.45) is 0 Å². The average molecular weight is 239 g/mol. The van der Waals surface area contributed by atoms with E-state index in [0.29, 0.717) is 10.7 Å². The molecule has 0 bridgehead atoms. The summed E-state index contributed by atoms with van der Waals surface area (Å²) in [4.78, 5) is 14.4. The fourth-order valence-electron chi connectivity index (χ4n) is 1.16. The van der Waals surface area contributed by atoms with E-state index in [0.717, 1.165) is 16.9 Å². The Morgan fingerprint density at radius 1 is 1.40 bits per heavy atom. The molecule has 0 radical (unpaired) electrons. The summed E-state index contributed by atoms with van der Waals surface area (Å²) in [6, 6.07) is 7.14. The highest BCUT2D eigenvalue weighted by atomic mass is 35.5. The molecule has 0 aliphatic carbocycles. The number of benzene rings is 1. The predicted molar refractivity (Wildman–Crippen MR) is 56.9 cm³/mol. The highest BCUT2D eigenvalue weighted by Crippen LogP contribution is 2.28. The van der Waals surface area contributed by atoms with Crippen LogP contribution in [0.5, 0.6) is 0 Å². The highest BCUT2D eigenvalue weighted by molar-refractivity contribution is 7.11. The number of carboxylic acids is 1. The summed E-state index contributed by atoms with van der Waals surface area (Å²) in [7, 11) is 0. The minimum absolute atomic E-state index is 0.0371. The normalized spacial score (nSPS) is 10.2. The van der Waals surface area contributed by atoms with Gasteiger partial charge in [-0.3, -0.25) is 0 Å². The summed E-state index contributed by atoms with van der Waals surface area (Å²) in [6.45, 7) is 0. The third kappa shape index (κ3) is 2.00. The number of carboxylic acid groups (broad SMARTS) is 1. The van der Waals surface area contributed by atoms with Crippen molar-refractivity contribution in [1.82, 2.24) is 4.98 Å². The van der Waals surface area contributed by atoms with Crippen LogP contribution < -0.4 is 5.11 Å². The summed E-state index contributed by atoms with van der Waals surface area (Å²) in [6.07, 6.45) is 0. The molecular formula is C10H5ClNO2S-. The van der Waals surface area contributed by atoms with Crippen LogP contribution in [0.3, 0.4) is 0 Å². The van der Waals surface area contributed by atoms with Crippen molar-refractivity contribution in [2.45, 2.75) is 0 Å². The fourth-order valence-corrected chi connectivity index (χ4v) is 2.04. The molecule has 0 unspecified atom stereocenters. The van der Waals surface area contributed by atoms with Gasteiger partial charge in [-0.15, -0.1) is 11.3 Å². The number of halogens is 1. The van der Waals surface area contributed by atoms with E-state index in [4.69, 9.17) is 11.6 Å². The number of carbonyl (C=O) groups is 1. The van der Waals surface area contributed by atoms with E-state index in [1.807, 2.05) is 6.07 Å². The van der Waals surface area contributed by atoms with Crippen LogP contribution in [-0.4, -0.2) is 11.0 Å². The van der Waals surface area contributed by atoms with Crippen molar-refractivity contribution < 1.29 is 9.90 Å². The van der Waals surface area contributed by atoms with E-state index in [9.17, 15) is 9.90 Å². The SMILES string of the molecule is O=C([O-])c1nc(-c2ccccc2Cl)cs1. The number of nitrogens with zero attached hydrogens (tertiary/aromatic N) is 1. The molecule has 3 nitrogen and oxygen atoms in total. The number of aromatic carboxylic acids is 1. The molecule has 0 aliphatic heterocycles. The van der Waals surface area contributed by atoms with Crippen molar-refractivity contribution in [3.8, 4) is 11.3 Å². The van der Waals surface area contributed by atoms with Crippen LogP contribution in [-0.2, 0) is 0 Å². The summed E-state index contributed by atoms with van der Waals surface area (Å²) >= 11 is 6.98. The summed E-state index contributed by atoms with van der Waals surface area (Å²) in [5, 5.41) is 12.7. The molecule has 0 spiro atoms. The third-order valence-corrected chi connectivity index (χ3v) is 2.98. The predicted octanol–water partition coefficient (Wildman–Crippen LogP) is 1.83. The van der Waals surface area contributed by atoms with Crippen molar-refractivity contribution in [1.29, 1.82) is 0 Å². The van der Waals surface area contributed by atoms with Crippen LogP contribution in [0.2, 0.25) is 5.02 Å².